The van der Waals surface area contributed by atoms with Gasteiger partial charge >= 0.3 is 0 Å². The Bertz CT molecular complexity index is 1320. The molecule has 0 N–H and O–H groups in total. The first kappa shape index (κ1) is 19.8. The van der Waals surface area contributed by atoms with Crippen LogP contribution in [0, 0.1) is 40.6 Å². The third kappa shape index (κ3) is 3.95. The van der Waals surface area contributed by atoms with Crippen molar-refractivity contribution in [1.82, 2.24) is 0 Å². The Morgan fingerprint density at radius 2 is 1.27 bits per heavy atom. The molecule has 8 heteroatoms. The first-order chi connectivity index (χ1) is 14.6. The summed E-state index contributed by atoms with van der Waals surface area (Å²) in [5, 5.41) is 26.7. The zero-order valence-electron chi connectivity index (χ0n) is 15.0. The lowest BCUT2D eigenvalue weighted by Crippen LogP contribution is -1.68. The van der Waals surface area contributed by atoms with Crippen LogP contribution in [0.1, 0.15) is 9.75 Å². The van der Waals surface area contributed by atoms with Crippen LogP contribution in [-0.2, 0) is 0 Å². The van der Waals surface area contributed by atoms with E-state index in [0.29, 0.717) is 0 Å². The monoisotopic (exact) mass is 456 g/mol. The highest BCUT2D eigenvalue weighted by molar-refractivity contribution is 7.33. The summed E-state index contributed by atoms with van der Waals surface area (Å²) in [4.78, 5) is 9.53. The molecule has 4 heterocycles. The second-order valence-corrected chi connectivity index (χ2v) is 10.3. The maximum Gasteiger partial charge on any atom is 0.263 e. The smallest absolute Gasteiger partial charge is 0.227 e. The maximum atomic E-state index is 8.91. The lowest BCUT2D eigenvalue weighted by molar-refractivity contribution is 1.47. The average molecular weight is 457 g/mol. The zero-order valence-corrected chi connectivity index (χ0v) is 18.3. The Labute approximate surface area is 188 Å². The number of nitrogens with zero attached hydrogens (tertiary/aromatic N) is 4. The van der Waals surface area contributed by atoms with Gasteiger partial charge in [-0.1, -0.05) is 0 Å². The Morgan fingerprint density at radius 1 is 0.733 bits per heavy atom. The number of hydrogen-bond acceptors (Lipinski definition) is 7. The molecule has 140 valence electrons. The Balaban J connectivity index is 1.61. The Kier molecular flexibility index (Phi) is 5.59. The van der Waals surface area contributed by atoms with Crippen molar-refractivity contribution in [2.24, 2.45) is 0 Å². The first-order valence-electron chi connectivity index (χ1n) is 8.38. The van der Waals surface area contributed by atoms with Gasteiger partial charge in [-0.25, -0.2) is 10.1 Å². The molecule has 4 rings (SSSR count). The molecule has 30 heavy (non-hydrogen) atoms. The van der Waals surface area contributed by atoms with Gasteiger partial charge in [-0.2, -0.15) is 10.5 Å². The van der Waals surface area contributed by atoms with Crippen molar-refractivity contribution in [2.45, 2.75) is 0 Å². The second-order valence-electron chi connectivity index (χ2n) is 5.89. The summed E-state index contributed by atoms with van der Waals surface area (Å²) in [6.45, 7) is 6.99. The van der Waals surface area contributed by atoms with E-state index in [1.54, 1.807) is 57.5 Å². The number of rotatable bonds is 4. The van der Waals surface area contributed by atoms with Crippen molar-refractivity contribution >= 4 is 66.9 Å². The van der Waals surface area contributed by atoms with Crippen LogP contribution in [0.2, 0.25) is 0 Å². The molecule has 4 aromatic heterocycles. The molecule has 0 fully saturated rings. The molecule has 0 radical (unpaired) electrons. The van der Waals surface area contributed by atoms with Crippen LogP contribution >= 0.6 is 45.3 Å². The first-order valence-corrected chi connectivity index (χ1v) is 11.6. The minimum atomic E-state index is 0.0852. The van der Waals surface area contributed by atoms with Gasteiger partial charge in [0.15, 0.2) is 0 Å². The van der Waals surface area contributed by atoms with E-state index in [1.165, 1.54) is 9.40 Å². The van der Waals surface area contributed by atoms with E-state index in [-0.39, 0.29) is 11.3 Å². The van der Waals surface area contributed by atoms with Gasteiger partial charge in [0.1, 0.15) is 17.7 Å². The van der Waals surface area contributed by atoms with Crippen molar-refractivity contribution in [1.29, 1.82) is 15.8 Å². The van der Waals surface area contributed by atoms with E-state index in [2.05, 4.69) is 17.0 Å². The molecule has 0 atom stereocenters. The number of thiophene rings is 4. The molecule has 0 spiro atoms. The predicted molar refractivity (Wildman–Crippen MR) is 126 cm³/mol. The lowest BCUT2D eigenvalue weighted by Gasteiger charge is -1.90. The second kappa shape index (κ2) is 8.47. The van der Waals surface area contributed by atoms with Gasteiger partial charge in [-0.3, -0.25) is 0 Å². The van der Waals surface area contributed by atoms with Gasteiger partial charge in [-0.05, 0) is 48.6 Å². The number of hydrogen-bond donors (Lipinski definition) is 0. The summed E-state index contributed by atoms with van der Waals surface area (Å²) in [5.41, 5.74) is 0.186. The summed E-state index contributed by atoms with van der Waals surface area (Å²) in [5.74, 6) is 0. The molecule has 0 saturated heterocycles. The van der Waals surface area contributed by atoms with Gasteiger partial charge in [0.05, 0.1) is 12.6 Å². The molecule has 0 unspecified atom stereocenters. The third-order valence-corrected chi connectivity index (χ3v) is 8.74. The quantitative estimate of drug-likeness (QED) is 0.234. The fourth-order valence-corrected chi connectivity index (χ4v) is 7.12. The largest absolute Gasteiger partial charge is 0.263 e. The van der Waals surface area contributed by atoms with Crippen LogP contribution in [-0.4, -0.2) is 0 Å². The molecule has 0 amide bonds. The highest BCUT2D eigenvalue weighted by Crippen LogP contribution is 2.44. The lowest BCUT2D eigenvalue weighted by atomic mass is 10.3. The SMILES string of the molecule is [C-]#[N+]/C(C#N)=C/c1ccc(-c2cc3sc(-c4ccc(C=C(C#N)C#N)s4)cc3s2)s1. The summed E-state index contributed by atoms with van der Waals surface area (Å²) in [7, 11) is 0. The minimum absolute atomic E-state index is 0.0852. The van der Waals surface area contributed by atoms with Gasteiger partial charge in [0.2, 0.25) is 0 Å². The fraction of sp³-hybridized carbons (Fsp3) is 0. The molecular formula is C22H8N4S4. The van der Waals surface area contributed by atoms with Crippen LogP contribution in [0.15, 0.2) is 47.7 Å². The molecule has 0 aliphatic rings. The summed E-state index contributed by atoms with van der Waals surface area (Å²) < 4.78 is 2.41. The highest BCUT2D eigenvalue weighted by Gasteiger charge is 2.12. The molecule has 0 saturated carbocycles. The van der Waals surface area contributed by atoms with E-state index >= 15 is 0 Å². The van der Waals surface area contributed by atoms with Gasteiger partial charge in [0, 0.05) is 38.7 Å². The van der Waals surface area contributed by atoms with E-state index in [4.69, 9.17) is 22.4 Å². The summed E-state index contributed by atoms with van der Waals surface area (Å²) >= 11 is 6.55. The third-order valence-electron chi connectivity index (χ3n) is 3.99. The number of allylic oxidation sites excluding steroid dienone is 2. The fourth-order valence-electron chi connectivity index (χ4n) is 2.66. The van der Waals surface area contributed by atoms with Crippen molar-refractivity contribution in [3.8, 4) is 37.7 Å². The standard InChI is InChI=1S/C22H8N4S4/c1-26-14(12-25)7-16-3-5-18(28-16)20-9-22-21(30-20)8-19(29-22)17-4-2-15(27-17)6-13(10-23)11-24/h2-9H/b14-7+. The Morgan fingerprint density at radius 3 is 1.73 bits per heavy atom. The molecule has 4 nitrogen and oxygen atoms in total. The molecule has 4 aromatic rings. The van der Waals surface area contributed by atoms with Crippen molar-refractivity contribution in [3.05, 3.63) is 68.8 Å². The minimum Gasteiger partial charge on any atom is -0.227 e. The molecular weight excluding hydrogens is 449 g/mol. The normalized spacial score (nSPS) is 10.7. The van der Waals surface area contributed by atoms with Crippen LogP contribution < -0.4 is 0 Å². The van der Waals surface area contributed by atoms with Gasteiger partial charge < -0.3 is 0 Å². The molecule has 0 bridgehead atoms. The Hall–Kier alpha value is -3.50. The van der Waals surface area contributed by atoms with E-state index in [1.807, 2.05) is 42.5 Å². The van der Waals surface area contributed by atoms with E-state index < -0.39 is 0 Å². The number of nitriles is 3. The van der Waals surface area contributed by atoms with E-state index in [9.17, 15) is 0 Å². The molecule has 0 aromatic carbocycles. The summed E-state index contributed by atoms with van der Waals surface area (Å²) in [6.07, 6.45) is 3.22. The van der Waals surface area contributed by atoms with Crippen molar-refractivity contribution < 1.29 is 0 Å². The summed E-state index contributed by atoms with van der Waals surface area (Å²) in [6, 6.07) is 17.9. The topological polar surface area (TPSA) is 75.7 Å². The van der Waals surface area contributed by atoms with Crippen molar-refractivity contribution in [3.63, 3.8) is 0 Å². The highest BCUT2D eigenvalue weighted by atomic mass is 32.1. The van der Waals surface area contributed by atoms with Crippen molar-refractivity contribution in [2.75, 3.05) is 0 Å². The predicted octanol–water partition coefficient (Wildman–Crippen LogP) is 7.63. The van der Waals surface area contributed by atoms with Gasteiger partial charge in [0.25, 0.3) is 5.70 Å². The maximum absolute atomic E-state index is 8.91. The van der Waals surface area contributed by atoms with Crippen LogP contribution in [0.25, 0.3) is 45.9 Å². The van der Waals surface area contributed by atoms with Gasteiger partial charge in [-0.15, -0.1) is 45.3 Å². The average Bonchev–Trinajstić information content (AvgIpc) is 3.52. The molecule has 0 aliphatic heterocycles. The van der Waals surface area contributed by atoms with Crippen LogP contribution in [0.3, 0.4) is 0 Å². The van der Waals surface area contributed by atoms with E-state index in [0.717, 1.165) is 29.3 Å². The van der Waals surface area contributed by atoms with Crippen LogP contribution in [0.4, 0.5) is 0 Å². The zero-order chi connectivity index (χ0) is 21.1. The van der Waals surface area contributed by atoms with Crippen LogP contribution in [0.5, 0.6) is 0 Å². The number of fused-ring (bicyclic) bond motifs is 1. The molecule has 0 aliphatic carbocycles.